The van der Waals surface area contributed by atoms with E-state index in [1.54, 1.807) is 7.05 Å². The Morgan fingerprint density at radius 3 is 2.47 bits per heavy atom. The Bertz CT molecular complexity index is 783. The number of benzene rings is 2. The van der Waals surface area contributed by atoms with Gasteiger partial charge in [0, 0.05) is 44.8 Å². The first-order valence-electron chi connectivity index (χ1n) is 9.94. The predicted octanol–water partition coefficient (Wildman–Crippen LogP) is 3.53. The second-order valence-electron chi connectivity index (χ2n) is 6.86. The van der Waals surface area contributed by atoms with Crippen LogP contribution in [0.1, 0.15) is 11.1 Å². The fourth-order valence-corrected chi connectivity index (χ4v) is 3.18. The van der Waals surface area contributed by atoms with Crippen LogP contribution in [-0.4, -0.2) is 57.4 Å². The number of hydrogen-bond donors (Lipinski definition) is 2. The van der Waals surface area contributed by atoms with Crippen LogP contribution in [0.3, 0.4) is 0 Å². The molecule has 1 fully saturated rings. The van der Waals surface area contributed by atoms with Crippen LogP contribution in [0.5, 0.6) is 5.75 Å². The molecule has 30 heavy (non-hydrogen) atoms. The molecule has 3 rings (SSSR count). The van der Waals surface area contributed by atoms with Crippen molar-refractivity contribution in [1.29, 1.82) is 0 Å². The van der Waals surface area contributed by atoms with Gasteiger partial charge in [-0.3, -0.25) is 9.89 Å². The van der Waals surface area contributed by atoms with Crippen molar-refractivity contribution in [3.8, 4) is 5.75 Å². The largest absolute Gasteiger partial charge is 0.492 e. The van der Waals surface area contributed by atoms with E-state index in [-0.39, 0.29) is 24.0 Å². The van der Waals surface area contributed by atoms with E-state index in [9.17, 15) is 0 Å². The lowest BCUT2D eigenvalue weighted by Gasteiger charge is -2.26. The van der Waals surface area contributed by atoms with Crippen molar-refractivity contribution >= 4 is 41.5 Å². The van der Waals surface area contributed by atoms with Crippen LogP contribution in [0.2, 0.25) is 5.02 Å². The Morgan fingerprint density at radius 2 is 1.77 bits per heavy atom. The Kier molecular flexibility index (Phi) is 11.3. The summed E-state index contributed by atoms with van der Waals surface area (Å²) in [5.41, 5.74) is 2.29. The highest BCUT2D eigenvalue weighted by Gasteiger charge is 2.09. The molecule has 1 aliphatic heterocycles. The van der Waals surface area contributed by atoms with E-state index in [4.69, 9.17) is 21.1 Å². The fraction of sp³-hybridized carbons (Fsp3) is 0.409. The summed E-state index contributed by atoms with van der Waals surface area (Å²) in [6, 6.07) is 15.9. The first-order valence-corrected chi connectivity index (χ1v) is 10.3. The maximum Gasteiger partial charge on any atom is 0.191 e. The van der Waals surface area contributed by atoms with E-state index in [1.807, 2.05) is 36.4 Å². The molecule has 0 bridgehead atoms. The van der Waals surface area contributed by atoms with Crippen LogP contribution < -0.4 is 15.4 Å². The number of hydrogen-bond acceptors (Lipinski definition) is 4. The zero-order valence-electron chi connectivity index (χ0n) is 17.3. The lowest BCUT2D eigenvalue weighted by Crippen LogP contribution is -2.38. The summed E-state index contributed by atoms with van der Waals surface area (Å²) in [6.07, 6.45) is 0. The lowest BCUT2D eigenvalue weighted by atomic mass is 10.2. The first-order chi connectivity index (χ1) is 14.2. The van der Waals surface area contributed by atoms with Crippen molar-refractivity contribution in [3.05, 3.63) is 64.7 Å². The van der Waals surface area contributed by atoms with Crippen LogP contribution in [0.15, 0.2) is 53.5 Å². The van der Waals surface area contributed by atoms with Crippen molar-refractivity contribution in [3.63, 3.8) is 0 Å². The summed E-state index contributed by atoms with van der Waals surface area (Å²) in [7, 11) is 1.77. The molecule has 2 aromatic carbocycles. The van der Waals surface area contributed by atoms with E-state index in [1.165, 1.54) is 0 Å². The molecule has 6 nitrogen and oxygen atoms in total. The summed E-state index contributed by atoms with van der Waals surface area (Å²) in [4.78, 5) is 6.65. The van der Waals surface area contributed by atoms with Crippen LogP contribution in [0, 0.1) is 0 Å². The third-order valence-electron chi connectivity index (χ3n) is 4.74. The van der Waals surface area contributed by atoms with Gasteiger partial charge >= 0.3 is 0 Å². The molecule has 1 aliphatic rings. The van der Waals surface area contributed by atoms with Gasteiger partial charge in [0.2, 0.25) is 0 Å². The zero-order valence-corrected chi connectivity index (χ0v) is 20.4. The molecule has 1 heterocycles. The van der Waals surface area contributed by atoms with Crippen LogP contribution in [0.4, 0.5) is 0 Å². The molecule has 0 atom stereocenters. The third-order valence-corrected chi connectivity index (χ3v) is 4.99. The maximum atomic E-state index is 5.93. The summed E-state index contributed by atoms with van der Waals surface area (Å²) >= 11 is 5.93. The van der Waals surface area contributed by atoms with Gasteiger partial charge in [0.1, 0.15) is 12.4 Å². The molecule has 0 aliphatic carbocycles. The number of halogens is 2. The van der Waals surface area contributed by atoms with Crippen molar-refractivity contribution in [2.75, 3.05) is 46.5 Å². The normalized spacial score (nSPS) is 14.7. The predicted molar refractivity (Wildman–Crippen MR) is 133 cm³/mol. The highest BCUT2D eigenvalue weighted by Crippen LogP contribution is 2.13. The van der Waals surface area contributed by atoms with Crippen LogP contribution in [-0.2, 0) is 17.8 Å². The maximum absolute atomic E-state index is 5.93. The second-order valence-corrected chi connectivity index (χ2v) is 7.29. The number of rotatable bonds is 8. The van der Waals surface area contributed by atoms with Gasteiger partial charge in [0.25, 0.3) is 0 Å². The van der Waals surface area contributed by atoms with E-state index in [0.717, 1.165) is 60.7 Å². The molecule has 0 aromatic heterocycles. The number of morpholine rings is 1. The molecule has 2 aromatic rings. The molecule has 2 N–H and O–H groups in total. The Morgan fingerprint density at radius 1 is 1.07 bits per heavy atom. The summed E-state index contributed by atoms with van der Waals surface area (Å²) < 4.78 is 11.3. The molecule has 1 saturated heterocycles. The van der Waals surface area contributed by atoms with Crippen molar-refractivity contribution in [2.45, 2.75) is 13.1 Å². The molecule has 0 saturated carbocycles. The molecule has 8 heteroatoms. The number of guanidine groups is 1. The SMILES string of the molecule is CN=C(NCc1ccc(Cl)cc1)NCc1cccc(OCCN2CCOCC2)c1.I. The summed E-state index contributed by atoms with van der Waals surface area (Å²) in [5.74, 6) is 1.64. The van der Waals surface area contributed by atoms with Gasteiger partial charge in [-0.2, -0.15) is 0 Å². The molecular weight excluding hydrogens is 515 g/mol. The standard InChI is InChI=1S/C22H29ClN4O2.HI/c1-24-22(25-16-18-5-7-20(23)8-6-18)26-17-19-3-2-4-21(15-19)29-14-11-27-9-12-28-13-10-27;/h2-8,15H,9-14,16-17H2,1H3,(H2,24,25,26);1H. The van der Waals surface area contributed by atoms with E-state index >= 15 is 0 Å². The Hall–Kier alpha value is -1.55. The third kappa shape index (κ3) is 8.67. The lowest BCUT2D eigenvalue weighted by molar-refractivity contribution is 0.0322. The molecule has 0 radical (unpaired) electrons. The smallest absolute Gasteiger partial charge is 0.191 e. The molecule has 0 amide bonds. The van der Waals surface area contributed by atoms with Crippen LogP contribution >= 0.6 is 35.6 Å². The minimum atomic E-state index is 0. The molecule has 0 unspecified atom stereocenters. The molecule has 0 spiro atoms. The minimum Gasteiger partial charge on any atom is -0.492 e. The summed E-state index contributed by atoms with van der Waals surface area (Å²) in [5, 5.41) is 7.39. The van der Waals surface area contributed by atoms with E-state index < -0.39 is 0 Å². The average Bonchev–Trinajstić information content (AvgIpc) is 2.76. The van der Waals surface area contributed by atoms with E-state index in [0.29, 0.717) is 19.7 Å². The van der Waals surface area contributed by atoms with E-state index in [2.05, 4.69) is 32.7 Å². The summed E-state index contributed by atoms with van der Waals surface area (Å²) in [6.45, 7) is 6.55. The molecular formula is C22H30ClIN4O2. The topological polar surface area (TPSA) is 58.1 Å². The quantitative estimate of drug-likeness (QED) is 0.303. The Labute approximate surface area is 201 Å². The van der Waals surface area contributed by atoms with Gasteiger partial charge in [-0.15, -0.1) is 24.0 Å². The average molecular weight is 545 g/mol. The van der Waals surface area contributed by atoms with Gasteiger partial charge in [0.15, 0.2) is 5.96 Å². The second kappa shape index (κ2) is 13.7. The Balaban J connectivity index is 0.00000320. The number of ether oxygens (including phenoxy) is 2. The fourth-order valence-electron chi connectivity index (χ4n) is 3.06. The highest BCUT2D eigenvalue weighted by atomic mass is 127. The van der Waals surface area contributed by atoms with Gasteiger partial charge in [-0.05, 0) is 35.4 Å². The number of nitrogens with zero attached hydrogens (tertiary/aromatic N) is 2. The van der Waals surface area contributed by atoms with Crippen molar-refractivity contribution < 1.29 is 9.47 Å². The van der Waals surface area contributed by atoms with Crippen LogP contribution in [0.25, 0.3) is 0 Å². The zero-order chi connectivity index (χ0) is 20.3. The minimum absolute atomic E-state index is 0. The van der Waals surface area contributed by atoms with Crippen molar-refractivity contribution in [2.24, 2.45) is 4.99 Å². The molecule has 164 valence electrons. The number of nitrogens with one attached hydrogen (secondary N) is 2. The van der Waals surface area contributed by atoms with Gasteiger partial charge < -0.3 is 20.1 Å². The first kappa shape index (κ1) is 24.7. The highest BCUT2D eigenvalue weighted by molar-refractivity contribution is 14.0. The van der Waals surface area contributed by atoms with Gasteiger partial charge in [0.05, 0.1) is 13.2 Å². The van der Waals surface area contributed by atoms with Gasteiger partial charge in [-0.1, -0.05) is 35.9 Å². The van der Waals surface area contributed by atoms with Crippen molar-refractivity contribution in [1.82, 2.24) is 15.5 Å². The van der Waals surface area contributed by atoms with Gasteiger partial charge in [-0.25, -0.2) is 0 Å². The number of aliphatic imine (C=N–C) groups is 1. The monoisotopic (exact) mass is 544 g/mol.